The number of aryl methyl sites for hydroxylation is 1. The van der Waals surface area contributed by atoms with Crippen molar-refractivity contribution in [2.24, 2.45) is 0 Å². The van der Waals surface area contributed by atoms with Gasteiger partial charge in [0.25, 0.3) is 0 Å². The Bertz CT molecular complexity index is 937. The molecule has 2 aromatic rings. The Morgan fingerprint density at radius 2 is 1.88 bits per heavy atom. The SMILES string of the molecule is Cc1cc(S(=O)(=O)NCC#CCOc2ccccc2F)c(Cl)cc1Cl. The van der Waals surface area contributed by atoms with Crippen LogP contribution in [0.4, 0.5) is 4.39 Å². The van der Waals surface area contributed by atoms with Gasteiger partial charge in [-0.2, -0.15) is 4.72 Å². The van der Waals surface area contributed by atoms with Gasteiger partial charge in [-0.3, -0.25) is 0 Å². The van der Waals surface area contributed by atoms with Gasteiger partial charge in [0, 0.05) is 5.02 Å². The van der Waals surface area contributed by atoms with Gasteiger partial charge in [0.05, 0.1) is 11.6 Å². The number of para-hydroxylation sites is 1. The molecule has 0 aliphatic heterocycles. The molecular formula is C17H14Cl2FNO3S. The molecule has 4 nitrogen and oxygen atoms in total. The third-order valence-corrected chi connectivity index (χ3v) is 5.39. The molecule has 0 saturated carbocycles. The molecule has 0 bridgehead atoms. The molecule has 0 aromatic heterocycles. The highest BCUT2D eigenvalue weighted by atomic mass is 35.5. The lowest BCUT2D eigenvalue weighted by molar-refractivity contribution is 0.348. The zero-order valence-electron chi connectivity index (χ0n) is 13.1. The largest absolute Gasteiger partial charge is 0.478 e. The van der Waals surface area contributed by atoms with Crippen LogP contribution in [0.25, 0.3) is 0 Å². The predicted octanol–water partition coefficient (Wildman–Crippen LogP) is 3.80. The van der Waals surface area contributed by atoms with Crippen LogP contribution in [0, 0.1) is 24.6 Å². The van der Waals surface area contributed by atoms with E-state index in [0.29, 0.717) is 10.6 Å². The molecular weight excluding hydrogens is 388 g/mol. The van der Waals surface area contributed by atoms with E-state index in [2.05, 4.69) is 16.6 Å². The fourth-order valence-corrected chi connectivity index (χ4v) is 3.59. The molecule has 1 N–H and O–H groups in total. The molecule has 0 radical (unpaired) electrons. The standard InChI is InChI=1S/C17H14Cl2FNO3S/c1-12-10-17(14(19)11-13(12)18)25(22,23)21-8-4-5-9-24-16-7-3-2-6-15(16)20/h2-3,6-7,10-11,21H,8-9H2,1H3. The van der Waals surface area contributed by atoms with Crippen molar-refractivity contribution < 1.29 is 17.5 Å². The van der Waals surface area contributed by atoms with E-state index in [1.807, 2.05) is 0 Å². The van der Waals surface area contributed by atoms with E-state index in [1.165, 1.54) is 24.3 Å². The summed E-state index contributed by atoms with van der Waals surface area (Å²) in [5, 5.41) is 0.410. The van der Waals surface area contributed by atoms with Crippen LogP contribution in [0.2, 0.25) is 10.0 Å². The molecule has 0 spiro atoms. The van der Waals surface area contributed by atoms with Gasteiger partial charge < -0.3 is 4.74 Å². The average Bonchev–Trinajstić information content (AvgIpc) is 2.55. The molecule has 132 valence electrons. The fourth-order valence-electron chi connectivity index (χ4n) is 1.83. The van der Waals surface area contributed by atoms with Crippen molar-refractivity contribution >= 4 is 33.2 Å². The maximum absolute atomic E-state index is 13.3. The Labute approximate surface area is 156 Å². The second kappa shape index (κ2) is 8.54. The number of rotatable bonds is 5. The molecule has 0 saturated heterocycles. The zero-order valence-corrected chi connectivity index (χ0v) is 15.5. The summed E-state index contributed by atoms with van der Waals surface area (Å²) >= 11 is 11.8. The van der Waals surface area contributed by atoms with Gasteiger partial charge in [-0.1, -0.05) is 47.2 Å². The maximum atomic E-state index is 13.3. The van der Waals surface area contributed by atoms with Crippen LogP contribution in [0.3, 0.4) is 0 Å². The van der Waals surface area contributed by atoms with E-state index in [0.717, 1.165) is 0 Å². The van der Waals surface area contributed by atoms with Gasteiger partial charge in [0.15, 0.2) is 11.6 Å². The first-order valence-electron chi connectivity index (χ1n) is 7.09. The third-order valence-electron chi connectivity index (χ3n) is 3.11. The van der Waals surface area contributed by atoms with Crippen molar-refractivity contribution in [2.45, 2.75) is 11.8 Å². The molecule has 0 atom stereocenters. The van der Waals surface area contributed by atoms with Crippen molar-refractivity contribution in [2.75, 3.05) is 13.2 Å². The summed E-state index contributed by atoms with van der Waals surface area (Å²) in [4.78, 5) is -0.0690. The summed E-state index contributed by atoms with van der Waals surface area (Å²) in [6.45, 7) is 1.47. The highest BCUT2D eigenvalue weighted by molar-refractivity contribution is 7.89. The maximum Gasteiger partial charge on any atom is 0.242 e. The fraction of sp³-hybridized carbons (Fsp3) is 0.176. The van der Waals surface area contributed by atoms with Gasteiger partial charge in [0.2, 0.25) is 10.0 Å². The van der Waals surface area contributed by atoms with E-state index in [1.54, 1.807) is 19.1 Å². The van der Waals surface area contributed by atoms with Crippen molar-refractivity contribution in [3.63, 3.8) is 0 Å². The minimum absolute atomic E-state index is 0.0268. The molecule has 0 fully saturated rings. The Balaban J connectivity index is 1.93. The highest BCUT2D eigenvalue weighted by Crippen LogP contribution is 2.27. The monoisotopic (exact) mass is 401 g/mol. The van der Waals surface area contributed by atoms with E-state index in [4.69, 9.17) is 27.9 Å². The quantitative estimate of drug-likeness (QED) is 0.775. The second-order valence-corrected chi connectivity index (χ2v) is 7.48. The first-order chi connectivity index (χ1) is 11.8. The summed E-state index contributed by atoms with van der Waals surface area (Å²) in [5.74, 6) is 4.79. The Morgan fingerprint density at radius 3 is 2.60 bits per heavy atom. The third kappa shape index (κ3) is 5.35. The Morgan fingerprint density at radius 1 is 1.16 bits per heavy atom. The molecule has 2 rings (SSSR count). The van der Waals surface area contributed by atoms with Gasteiger partial charge >= 0.3 is 0 Å². The average molecular weight is 402 g/mol. The molecule has 2 aromatic carbocycles. The molecule has 0 unspecified atom stereocenters. The first-order valence-corrected chi connectivity index (χ1v) is 9.33. The summed E-state index contributed by atoms with van der Waals surface area (Å²) in [7, 11) is -3.82. The minimum Gasteiger partial charge on any atom is -0.478 e. The lowest BCUT2D eigenvalue weighted by atomic mass is 10.2. The molecule has 0 amide bonds. The lowest BCUT2D eigenvalue weighted by Gasteiger charge is -2.08. The molecule has 25 heavy (non-hydrogen) atoms. The van der Waals surface area contributed by atoms with Crippen LogP contribution >= 0.6 is 23.2 Å². The van der Waals surface area contributed by atoms with E-state index in [-0.39, 0.29) is 28.8 Å². The smallest absolute Gasteiger partial charge is 0.242 e. The van der Waals surface area contributed by atoms with Crippen LogP contribution in [-0.2, 0) is 10.0 Å². The van der Waals surface area contributed by atoms with Gasteiger partial charge in [0.1, 0.15) is 11.5 Å². The molecule has 0 aliphatic rings. The number of halogens is 3. The predicted molar refractivity (Wildman–Crippen MR) is 96.1 cm³/mol. The Hall–Kier alpha value is -1.78. The molecule has 0 heterocycles. The van der Waals surface area contributed by atoms with E-state index >= 15 is 0 Å². The van der Waals surface area contributed by atoms with Gasteiger partial charge in [-0.15, -0.1) is 0 Å². The van der Waals surface area contributed by atoms with Crippen molar-refractivity contribution in [3.05, 3.63) is 57.8 Å². The summed E-state index contributed by atoms with van der Waals surface area (Å²) in [6.07, 6.45) is 0. The van der Waals surface area contributed by atoms with Crippen molar-refractivity contribution in [1.82, 2.24) is 4.72 Å². The molecule has 0 aliphatic carbocycles. The van der Waals surface area contributed by atoms with Crippen LogP contribution < -0.4 is 9.46 Å². The molecule has 8 heteroatoms. The van der Waals surface area contributed by atoms with Gasteiger partial charge in [-0.05, 0) is 36.8 Å². The second-order valence-electron chi connectivity index (χ2n) is 4.93. The zero-order chi connectivity index (χ0) is 18.4. The number of nitrogens with one attached hydrogen (secondary N) is 1. The normalized spacial score (nSPS) is 10.9. The summed E-state index contributed by atoms with van der Waals surface area (Å²) in [6, 6.07) is 8.70. The minimum atomic E-state index is -3.82. The van der Waals surface area contributed by atoms with E-state index < -0.39 is 15.8 Å². The van der Waals surface area contributed by atoms with Crippen LogP contribution in [0.5, 0.6) is 5.75 Å². The summed E-state index contributed by atoms with van der Waals surface area (Å²) in [5.41, 5.74) is 0.593. The van der Waals surface area contributed by atoms with Crippen molar-refractivity contribution in [3.8, 4) is 17.6 Å². The number of ether oxygens (including phenoxy) is 1. The number of sulfonamides is 1. The van der Waals surface area contributed by atoms with E-state index in [9.17, 15) is 12.8 Å². The van der Waals surface area contributed by atoms with Crippen molar-refractivity contribution in [1.29, 1.82) is 0 Å². The number of hydrogen-bond donors (Lipinski definition) is 1. The van der Waals surface area contributed by atoms with Crippen LogP contribution in [0.15, 0.2) is 41.3 Å². The topological polar surface area (TPSA) is 55.4 Å². The Kier molecular flexibility index (Phi) is 6.68. The highest BCUT2D eigenvalue weighted by Gasteiger charge is 2.18. The number of benzene rings is 2. The summed E-state index contributed by atoms with van der Waals surface area (Å²) < 4.78 is 45.2. The first kappa shape index (κ1) is 19.5. The van der Waals surface area contributed by atoms with Gasteiger partial charge in [-0.25, -0.2) is 12.8 Å². The number of hydrogen-bond acceptors (Lipinski definition) is 3. The van der Waals surface area contributed by atoms with Crippen LogP contribution in [0.1, 0.15) is 5.56 Å². The van der Waals surface area contributed by atoms with Crippen LogP contribution in [-0.4, -0.2) is 21.6 Å². The lowest BCUT2D eigenvalue weighted by Crippen LogP contribution is -2.24.